The highest BCUT2D eigenvalue weighted by Crippen LogP contribution is 2.03. The van der Waals surface area contributed by atoms with E-state index in [1.807, 2.05) is 7.05 Å². The number of hydrogen-bond acceptors (Lipinski definition) is 3. The summed E-state index contributed by atoms with van der Waals surface area (Å²) in [6, 6.07) is 0.424. The van der Waals surface area contributed by atoms with E-state index in [2.05, 4.69) is 23.7 Å². The standard InChI is InChI=1S/C12H20ClN3O2/c1-5-8(2)15(4)6-7-16-11(17)9(3)10(13)14-12(16)18/h8H,5-7H2,1-4H3,(H,14,18). The lowest BCUT2D eigenvalue weighted by Crippen LogP contribution is -2.41. The molecule has 0 saturated heterocycles. The number of aromatic nitrogens is 2. The number of rotatable bonds is 5. The van der Waals surface area contributed by atoms with Gasteiger partial charge in [-0.15, -0.1) is 0 Å². The van der Waals surface area contributed by atoms with Crippen molar-refractivity contribution in [1.29, 1.82) is 0 Å². The van der Waals surface area contributed by atoms with Gasteiger partial charge in [0.2, 0.25) is 0 Å². The molecular weight excluding hydrogens is 254 g/mol. The second-order valence-electron chi connectivity index (χ2n) is 4.56. The van der Waals surface area contributed by atoms with Gasteiger partial charge in [0.15, 0.2) is 0 Å². The highest BCUT2D eigenvalue weighted by Gasteiger charge is 2.11. The van der Waals surface area contributed by atoms with Crippen LogP contribution < -0.4 is 11.2 Å². The van der Waals surface area contributed by atoms with E-state index in [1.54, 1.807) is 6.92 Å². The molecule has 1 N–H and O–H groups in total. The lowest BCUT2D eigenvalue weighted by molar-refractivity contribution is 0.240. The maximum Gasteiger partial charge on any atom is 0.329 e. The molecule has 1 heterocycles. The van der Waals surface area contributed by atoms with Crippen molar-refractivity contribution in [2.75, 3.05) is 13.6 Å². The summed E-state index contributed by atoms with van der Waals surface area (Å²) in [6.45, 7) is 6.84. The van der Waals surface area contributed by atoms with Crippen LogP contribution in [0.15, 0.2) is 9.59 Å². The Bertz CT molecular complexity index is 521. The molecule has 0 saturated carbocycles. The van der Waals surface area contributed by atoms with Crippen LogP contribution in [0.5, 0.6) is 0 Å². The number of hydrogen-bond donors (Lipinski definition) is 1. The Morgan fingerprint density at radius 2 is 2.06 bits per heavy atom. The van der Waals surface area contributed by atoms with E-state index < -0.39 is 5.69 Å². The number of halogens is 1. The summed E-state index contributed by atoms with van der Waals surface area (Å²) in [7, 11) is 1.98. The van der Waals surface area contributed by atoms with Crippen LogP contribution in [0.25, 0.3) is 0 Å². The highest BCUT2D eigenvalue weighted by molar-refractivity contribution is 6.30. The third-order valence-electron chi connectivity index (χ3n) is 3.38. The maximum absolute atomic E-state index is 11.9. The van der Waals surface area contributed by atoms with Crippen molar-refractivity contribution in [2.24, 2.45) is 0 Å². The molecular formula is C12H20ClN3O2. The zero-order valence-electron chi connectivity index (χ0n) is 11.3. The maximum atomic E-state index is 11.9. The fourth-order valence-corrected chi connectivity index (χ4v) is 1.80. The number of nitrogens with zero attached hydrogens (tertiary/aromatic N) is 2. The van der Waals surface area contributed by atoms with Crippen LogP contribution in [-0.4, -0.2) is 34.1 Å². The van der Waals surface area contributed by atoms with Crippen LogP contribution in [0.4, 0.5) is 0 Å². The quantitative estimate of drug-likeness (QED) is 0.821. The number of nitrogens with one attached hydrogen (secondary N) is 1. The van der Waals surface area contributed by atoms with Crippen molar-refractivity contribution in [2.45, 2.75) is 39.8 Å². The molecule has 18 heavy (non-hydrogen) atoms. The van der Waals surface area contributed by atoms with Gasteiger partial charge in [0.1, 0.15) is 5.15 Å². The van der Waals surface area contributed by atoms with Crippen molar-refractivity contribution in [3.8, 4) is 0 Å². The molecule has 0 fully saturated rings. The third-order valence-corrected chi connectivity index (χ3v) is 3.75. The molecule has 5 nitrogen and oxygen atoms in total. The highest BCUT2D eigenvalue weighted by atomic mass is 35.5. The summed E-state index contributed by atoms with van der Waals surface area (Å²) in [6.07, 6.45) is 1.03. The molecule has 0 aliphatic heterocycles. The topological polar surface area (TPSA) is 58.1 Å². The molecule has 0 amide bonds. The van der Waals surface area contributed by atoms with Crippen LogP contribution >= 0.6 is 11.6 Å². The van der Waals surface area contributed by atoms with E-state index in [1.165, 1.54) is 4.57 Å². The first kappa shape index (κ1) is 15.0. The fourth-order valence-electron chi connectivity index (χ4n) is 1.64. The predicted octanol–water partition coefficient (Wildman–Crippen LogP) is 1.23. The Hall–Kier alpha value is -1.07. The Balaban J connectivity index is 2.90. The molecule has 1 atom stereocenters. The summed E-state index contributed by atoms with van der Waals surface area (Å²) >= 11 is 5.75. The Morgan fingerprint density at radius 3 is 2.61 bits per heavy atom. The van der Waals surface area contributed by atoms with Gasteiger partial charge >= 0.3 is 5.69 Å². The summed E-state index contributed by atoms with van der Waals surface area (Å²) < 4.78 is 1.19. The first-order chi connectivity index (χ1) is 8.38. The van der Waals surface area contributed by atoms with E-state index in [-0.39, 0.29) is 10.7 Å². The monoisotopic (exact) mass is 273 g/mol. The second-order valence-corrected chi connectivity index (χ2v) is 4.94. The minimum atomic E-state index is -0.451. The van der Waals surface area contributed by atoms with Crippen molar-refractivity contribution >= 4 is 11.6 Å². The van der Waals surface area contributed by atoms with E-state index in [0.29, 0.717) is 24.7 Å². The summed E-state index contributed by atoms with van der Waals surface area (Å²) in [5.41, 5.74) is -0.392. The third kappa shape index (κ3) is 3.23. The second kappa shape index (κ2) is 6.20. The number of H-pyrrole nitrogens is 1. The average molecular weight is 274 g/mol. The van der Waals surface area contributed by atoms with Gasteiger partial charge in [-0.1, -0.05) is 18.5 Å². The summed E-state index contributed by atoms with van der Waals surface area (Å²) in [4.78, 5) is 28.2. The van der Waals surface area contributed by atoms with Crippen LogP contribution in [0.1, 0.15) is 25.8 Å². The zero-order valence-corrected chi connectivity index (χ0v) is 12.0. The van der Waals surface area contributed by atoms with Crippen LogP contribution in [0.3, 0.4) is 0 Å². The molecule has 0 aliphatic carbocycles. The van der Waals surface area contributed by atoms with Crippen molar-refractivity contribution in [1.82, 2.24) is 14.5 Å². The normalized spacial score (nSPS) is 13.0. The van der Waals surface area contributed by atoms with Crippen LogP contribution in [-0.2, 0) is 6.54 Å². The lowest BCUT2D eigenvalue weighted by Gasteiger charge is -2.23. The molecule has 0 radical (unpaired) electrons. The van der Waals surface area contributed by atoms with Gasteiger partial charge in [0.25, 0.3) is 5.56 Å². The van der Waals surface area contributed by atoms with Crippen LogP contribution in [0, 0.1) is 6.92 Å². The van der Waals surface area contributed by atoms with E-state index >= 15 is 0 Å². The number of likely N-dealkylation sites (N-methyl/N-ethyl adjacent to an activating group) is 1. The molecule has 0 bridgehead atoms. The van der Waals surface area contributed by atoms with Gasteiger partial charge in [-0.2, -0.15) is 0 Å². The minimum absolute atomic E-state index is 0.122. The molecule has 1 unspecified atom stereocenters. The van der Waals surface area contributed by atoms with Crippen molar-refractivity contribution in [3.63, 3.8) is 0 Å². The molecule has 1 rings (SSSR count). The molecule has 0 aliphatic rings. The Kier molecular flexibility index (Phi) is 5.16. The first-order valence-electron chi connectivity index (χ1n) is 6.08. The Morgan fingerprint density at radius 1 is 1.44 bits per heavy atom. The van der Waals surface area contributed by atoms with Gasteiger partial charge in [0, 0.05) is 24.7 Å². The average Bonchev–Trinajstić information content (AvgIpc) is 2.34. The van der Waals surface area contributed by atoms with Crippen molar-refractivity contribution < 1.29 is 0 Å². The van der Waals surface area contributed by atoms with E-state index in [4.69, 9.17) is 11.6 Å². The van der Waals surface area contributed by atoms with Gasteiger partial charge in [-0.05, 0) is 27.3 Å². The van der Waals surface area contributed by atoms with Crippen molar-refractivity contribution in [3.05, 3.63) is 31.6 Å². The van der Waals surface area contributed by atoms with Gasteiger partial charge in [0.05, 0.1) is 0 Å². The summed E-state index contributed by atoms with van der Waals surface area (Å²) in [5.74, 6) is 0. The predicted molar refractivity (Wildman–Crippen MR) is 73.5 cm³/mol. The fraction of sp³-hybridized carbons (Fsp3) is 0.667. The molecule has 6 heteroatoms. The molecule has 0 spiro atoms. The Labute approximate surface area is 111 Å². The van der Waals surface area contributed by atoms with Gasteiger partial charge in [-0.3, -0.25) is 14.3 Å². The smallest absolute Gasteiger partial charge is 0.302 e. The molecule has 0 aromatic carbocycles. The molecule has 1 aromatic rings. The van der Waals surface area contributed by atoms with E-state index in [0.717, 1.165) is 6.42 Å². The minimum Gasteiger partial charge on any atom is -0.302 e. The number of aromatic amines is 1. The summed E-state index contributed by atoms with van der Waals surface area (Å²) in [5, 5.41) is 0.122. The van der Waals surface area contributed by atoms with Gasteiger partial charge < -0.3 is 4.90 Å². The molecule has 1 aromatic heterocycles. The van der Waals surface area contributed by atoms with Crippen LogP contribution in [0.2, 0.25) is 5.15 Å². The van der Waals surface area contributed by atoms with Gasteiger partial charge in [-0.25, -0.2) is 4.79 Å². The van der Waals surface area contributed by atoms with E-state index in [9.17, 15) is 9.59 Å². The lowest BCUT2D eigenvalue weighted by atomic mass is 10.2. The zero-order chi connectivity index (χ0) is 13.9. The SMILES string of the molecule is CCC(C)N(C)CCn1c(=O)[nH]c(Cl)c(C)c1=O. The first-order valence-corrected chi connectivity index (χ1v) is 6.45. The molecule has 102 valence electrons. The largest absolute Gasteiger partial charge is 0.329 e.